The molecule has 0 amide bonds. The SMILES string of the molecule is CCCC1NC(C(=O)O)CS(=O)C1CC. The highest BCUT2D eigenvalue weighted by molar-refractivity contribution is 7.85. The molecule has 0 aromatic carbocycles. The van der Waals surface area contributed by atoms with E-state index in [1.54, 1.807) is 0 Å². The molecule has 15 heavy (non-hydrogen) atoms. The van der Waals surface area contributed by atoms with Crippen molar-refractivity contribution in [2.45, 2.75) is 50.4 Å². The van der Waals surface area contributed by atoms with Gasteiger partial charge in [0.15, 0.2) is 0 Å². The zero-order valence-electron chi connectivity index (χ0n) is 9.23. The minimum Gasteiger partial charge on any atom is -0.480 e. The summed E-state index contributed by atoms with van der Waals surface area (Å²) in [6, 6.07) is -0.541. The smallest absolute Gasteiger partial charge is 0.321 e. The van der Waals surface area contributed by atoms with Crippen LogP contribution in [-0.4, -0.2) is 38.4 Å². The molecule has 4 nitrogen and oxygen atoms in total. The van der Waals surface area contributed by atoms with E-state index in [9.17, 15) is 9.00 Å². The number of aliphatic carboxylic acids is 1. The topological polar surface area (TPSA) is 66.4 Å². The summed E-state index contributed by atoms with van der Waals surface area (Å²) in [5.41, 5.74) is 0. The number of carboxylic acid groups (broad SMARTS) is 1. The molecule has 1 fully saturated rings. The molecular weight excluding hydrogens is 214 g/mol. The van der Waals surface area contributed by atoms with Gasteiger partial charge in [0.25, 0.3) is 0 Å². The standard InChI is InChI=1S/C10H19NO3S/c1-3-5-7-9(4-2)15(14)6-8(11-7)10(12)13/h7-9,11H,3-6H2,1-2H3,(H,12,13). The van der Waals surface area contributed by atoms with Gasteiger partial charge in [-0.1, -0.05) is 20.3 Å². The Labute approximate surface area is 92.9 Å². The van der Waals surface area contributed by atoms with Crippen LogP contribution in [-0.2, 0) is 15.6 Å². The van der Waals surface area contributed by atoms with Crippen molar-refractivity contribution in [1.82, 2.24) is 5.32 Å². The Hall–Kier alpha value is -0.420. The fourth-order valence-electron chi connectivity index (χ4n) is 2.08. The maximum absolute atomic E-state index is 11.8. The molecule has 1 aliphatic rings. The van der Waals surface area contributed by atoms with Crippen LogP contribution in [0.4, 0.5) is 0 Å². The Morgan fingerprint density at radius 1 is 1.53 bits per heavy atom. The number of nitrogens with one attached hydrogen (secondary N) is 1. The van der Waals surface area contributed by atoms with Crippen molar-refractivity contribution in [1.29, 1.82) is 0 Å². The van der Waals surface area contributed by atoms with E-state index in [2.05, 4.69) is 12.2 Å². The maximum atomic E-state index is 11.8. The summed E-state index contributed by atoms with van der Waals surface area (Å²) in [5, 5.41) is 12.1. The van der Waals surface area contributed by atoms with Crippen molar-refractivity contribution in [3.05, 3.63) is 0 Å². The lowest BCUT2D eigenvalue weighted by molar-refractivity contribution is -0.139. The van der Waals surface area contributed by atoms with Crippen LogP contribution in [0.25, 0.3) is 0 Å². The van der Waals surface area contributed by atoms with Crippen molar-refractivity contribution in [3.63, 3.8) is 0 Å². The maximum Gasteiger partial charge on any atom is 0.321 e. The predicted octanol–water partition coefficient (Wildman–Crippen LogP) is 0.739. The summed E-state index contributed by atoms with van der Waals surface area (Å²) in [6.07, 6.45) is 2.72. The monoisotopic (exact) mass is 233 g/mol. The van der Waals surface area contributed by atoms with E-state index in [1.807, 2.05) is 6.92 Å². The van der Waals surface area contributed by atoms with Gasteiger partial charge in [0.2, 0.25) is 0 Å². The third-order valence-corrected chi connectivity index (χ3v) is 4.83. The van der Waals surface area contributed by atoms with E-state index in [0.29, 0.717) is 0 Å². The molecule has 4 unspecified atom stereocenters. The molecule has 5 heteroatoms. The molecule has 1 aliphatic heterocycles. The van der Waals surface area contributed by atoms with E-state index in [4.69, 9.17) is 5.11 Å². The molecule has 1 saturated heterocycles. The van der Waals surface area contributed by atoms with Crippen LogP contribution in [0.5, 0.6) is 0 Å². The van der Waals surface area contributed by atoms with Crippen LogP contribution in [0, 0.1) is 0 Å². The second-order valence-corrected chi connectivity index (χ2v) is 5.65. The van der Waals surface area contributed by atoms with Crippen molar-refractivity contribution in [2.24, 2.45) is 0 Å². The van der Waals surface area contributed by atoms with Gasteiger partial charge in [-0.25, -0.2) is 0 Å². The lowest BCUT2D eigenvalue weighted by atomic mass is 10.0. The summed E-state index contributed by atoms with van der Waals surface area (Å²) in [6.45, 7) is 4.07. The number of hydrogen-bond acceptors (Lipinski definition) is 3. The second-order valence-electron chi connectivity index (χ2n) is 3.95. The average molecular weight is 233 g/mol. The molecule has 0 aromatic rings. The zero-order chi connectivity index (χ0) is 11.4. The summed E-state index contributed by atoms with van der Waals surface area (Å²) in [7, 11) is -1.00. The molecule has 88 valence electrons. The highest BCUT2D eigenvalue weighted by Gasteiger charge is 2.36. The summed E-state index contributed by atoms with van der Waals surface area (Å²) in [4.78, 5) is 10.8. The predicted molar refractivity (Wildman–Crippen MR) is 60.3 cm³/mol. The minimum atomic E-state index is -1.00. The normalized spacial score (nSPS) is 36.4. The quantitative estimate of drug-likeness (QED) is 0.751. The molecule has 1 rings (SSSR count). The number of rotatable bonds is 4. The zero-order valence-corrected chi connectivity index (χ0v) is 10.0. The molecule has 2 N–H and O–H groups in total. The van der Waals surface area contributed by atoms with Gasteiger partial charge in [0.1, 0.15) is 6.04 Å². The van der Waals surface area contributed by atoms with Gasteiger partial charge >= 0.3 is 5.97 Å². The van der Waals surface area contributed by atoms with E-state index >= 15 is 0 Å². The van der Waals surface area contributed by atoms with Gasteiger partial charge in [-0.3, -0.25) is 14.3 Å². The van der Waals surface area contributed by atoms with Crippen molar-refractivity contribution in [3.8, 4) is 0 Å². The highest BCUT2D eigenvalue weighted by atomic mass is 32.2. The van der Waals surface area contributed by atoms with Crippen molar-refractivity contribution in [2.75, 3.05) is 5.75 Å². The van der Waals surface area contributed by atoms with E-state index in [0.717, 1.165) is 19.3 Å². The molecule has 0 saturated carbocycles. The lowest BCUT2D eigenvalue weighted by Gasteiger charge is -2.34. The van der Waals surface area contributed by atoms with Gasteiger partial charge in [-0.05, 0) is 12.8 Å². The first kappa shape index (κ1) is 12.6. The van der Waals surface area contributed by atoms with Gasteiger partial charge in [0.05, 0.1) is 0 Å². The number of carbonyl (C=O) groups is 1. The van der Waals surface area contributed by atoms with Gasteiger partial charge < -0.3 is 5.11 Å². The first-order valence-corrected chi connectivity index (χ1v) is 6.84. The van der Waals surface area contributed by atoms with E-state index in [-0.39, 0.29) is 17.0 Å². The number of carboxylic acids is 1. The van der Waals surface area contributed by atoms with Crippen LogP contribution in [0.3, 0.4) is 0 Å². The number of hydrogen-bond donors (Lipinski definition) is 2. The first-order chi connectivity index (χ1) is 7.10. The Morgan fingerprint density at radius 2 is 2.20 bits per heavy atom. The first-order valence-electron chi connectivity index (χ1n) is 5.46. The molecule has 0 spiro atoms. The molecule has 0 radical (unpaired) electrons. The fourth-order valence-corrected chi connectivity index (χ4v) is 3.85. The van der Waals surface area contributed by atoms with E-state index < -0.39 is 22.8 Å². The second kappa shape index (κ2) is 5.61. The Kier molecular flexibility index (Phi) is 4.73. The summed E-state index contributed by atoms with van der Waals surface area (Å²) < 4.78 is 11.8. The molecule has 0 bridgehead atoms. The van der Waals surface area contributed by atoms with Crippen LogP contribution in [0.2, 0.25) is 0 Å². The lowest BCUT2D eigenvalue weighted by Crippen LogP contribution is -2.57. The van der Waals surface area contributed by atoms with Crippen LogP contribution in [0.15, 0.2) is 0 Å². The van der Waals surface area contributed by atoms with Crippen molar-refractivity contribution >= 4 is 16.8 Å². The van der Waals surface area contributed by atoms with Crippen LogP contribution < -0.4 is 5.32 Å². The Morgan fingerprint density at radius 3 is 2.67 bits per heavy atom. The third-order valence-electron chi connectivity index (χ3n) is 2.83. The summed E-state index contributed by atoms with van der Waals surface area (Å²) >= 11 is 0. The largest absolute Gasteiger partial charge is 0.480 e. The molecule has 1 heterocycles. The van der Waals surface area contributed by atoms with Gasteiger partial charge in [-0.15, -0.1) is 0 Å². The van der Waals surface area contributed by atoms with Crippen LogP contribution >= 0.6 is 0 Å². The Bertz CT molecular complexity index is 257. The third kappa shape index (κ3) is 3.01. The average Bonchev–Trinajstić information content (AvgIpc) is 2.17. The van der Waals surface area contributed by atoms with Gasteiger partial charge in [-0.2, -0.15) is 0 Å². The Balaban J connectivity index is 2.71. The molecular formula is C10H19NO3S. The van der Waals surface area contributed by atoms with Crippen molar-refractivity contribution < 1.29 is 14.1 Å². The highest BCUT2D eigenvalue weighted by Crippen LogP contribution is 2.18. The fraction of sp³-hybridized carbons (Fsp3) is 0.900. The van der Waals surface area contributed by atoms with Crippen LogP contribution in [0.1, 0.15) is 33.1 Å². The van der Waals surface area contributed by atoms with Gasteiger partial charge in [0, 0.05) is 27.8 Å². The van der Waals surface area contributed by atoms with E-state index in [1.165, 1.54) is 0 Å². The summed E-state index contributed by atoms with van der Waals surface area (Å²) in [5.74, 6) is -0.646. The molecule has 4 atom stereocenters. The molecule has 0 aromatic heterocycles. The minimum absolute atomic E-state index is 0.0932. The molecule has 0 aliphatic carbocycles.